The van der Waals surface area contributed by atoms with E-state index in [1.54, 1.807) is 59.4 Å². The molecule has 164 valence electrons. The Bertz CT molecular complexity index is 1190. The van der Waals surface area contributed by atoms with E-state index in [9.17, 15) is 13.2 Å². The number of aryl methyl sites for hydroxylation is 3. The number of sulfonamides is 1. The molecule has 0 saturated carbocycles. The number of rotatable bonds is 7. The van der Waals surface area contributed by atoms with Gasteiger partial charge in [-0.15, -0.1) is 0 Å². The maximum atomic E-state index is 12.9. The van der Waals surface area contributed by atoms with E-state index < -0.39 is 22.0 Å². The average molecular weight is 461 g/mol. The molecule has 0 bridgehead atoms. The summed E-state index contributed by atoms with van der Waals surface area (Å²) in [6.07, 6.45) is 3.42. The fourth-order valence-corrected chi connectivity index (χ4v) is 4.49. The summed E-state index contributed by atoms with van der Waals surface area (Å²) in [6.45, 7) is 3.44. The van der Waals surface area contributed by atoms with Gasteiger partial charge in [0, 0.05) is 31.5 Å². The van der Waals surface area contributed by atoms with Crippen molar-refractivity contribution in [1.29, 1.82) is 0 Å². The lowest BCUT2D eigenvalue weighted by atomic mass is 10.1. The van der Waals surface area contributed by atoms with Crippen LogP contribution in [0.15, 0.2) is 59.8 Å². The van der Waals surface area contributed by atoms with Gasteiger partial charge in [-0.05, 0) is 54.8 Å². The number of nitrogens with one attached hydrogen (secondary N) is 1. The molecule has 0 aliphatic rings. The number of likely N-dealkylation sites (N-methyl/N-ethyl adjacent to an activating group) is 1. The highest BCUT2D eigenvalue weighted by atomic mass is 35.5. The largest absolute Gasteiger partial charge is 0.341 e. The number of halogens is 1. The van der Waals surface area contributed by atoms with E-state index in [-0.39, 0.29) is 11.4 Å². The molecule has 1 amide bonds. The third-order valence-electron chi connectivity index (χ3n) is 5.18. The molecule has 3 aromatic rings. The first-order valence-electron chi connectivity index (χ1n) is 9.65. The molecule has 0 saturated heterocycles. The van der Waals surface area contributed by atoms with Crippen LogP contribution in [0.2, 0.25) is 5.02 Å². The van der Waals surface area contributed by atoms with E-state index in [1.165, 1.54) is 7.05 Å². The lowest BCUT2D eigenvalue weighted by Gasteiger charge is -2.22. The van der Waals surface area contributed by atoms with E-state index in [4.69, 9.17) is 11.6 Å². The van der Waals surface area contributed by atoms with Crippen LogP contribution in [0.4, 0.5) is 0 Å². The Balaban J connectivity index is 1.81. The fourth-order valence-electron chi connectivity index (χ4n) is 3.16. The van der Waals surface area contributed by atoms with Gasteiger partial charge in [0.15, 0.2) is 0 Å². The highest BCUT2D eigenvalue weighted by Gasteiger charge is 2.26. The Labute approximate surface area is 187 Å². The molecule has 1 aromatic heterocycles. The van der Waals surface area contributed by atoms with Crippen LogP contribution in [0.3, 0.4) is 0 Å². The Morgan fingerprint density at radius 2 is 1.84 bits per heavy atom. The average Bonchev–Trinajstić information content (AvgIpc) is 3.14. The van der Waals surface area contributed by atoms with Gasteiger partial charge >= 0.3 is 0 Å². The van der Waals surface area contributed by atoms with Crippen molar-refractivity contribution < 1.29 is 13.2 Å². The molecule has 0 radical (unpaired) electrons. The van der Waals surface area contributed by atoms with Crippen LogP contribution in [-0.4, -0.2) is 41.8 Å². The maximum absolute atomic E-state index is 12.9. The first kappa shape index (κ1) is 23.0. The van der Waals surface area contributed by atoms with Crippen LogP contribution in [0, 0.1) is 13.8 Å². The Morgan fingerprint density at radius 3 is 2.42 bits per heavy atom. The summed E-state index contributed by atoms with van der Waals surface area (Å²) in [7, 11) is -0.589. The molecule has 0 aliphatic heterocycles. The zero-order valence-electron chi connectivity index (χ0n) is 17.8. The van der Waals surface area contributed by atoms with E-state index in [0.717, 1.165) is 21.0 Å². The predicted octanol–water partition coefficient (Wildman–Crippen LogP) is 3.22. The molecule has 1 heterocycles. The molecule has 7 nitrogen and oxygen atoms in total. The molecule has 0 aliphatic carbocycles. The van der Waals surface area contributed by atoms with Crippen molar-refractivity contribution in [3.63, 3.8) is 0 Å². The van der Waals surface area contributed by atoms with Crippen LogP contribution in [0.5, 0.6) is 0 Å². The number of imidazole rings is 1. The molecular weight excluding hydrogens is 436 g/mol. The summed E-state index contributed by atoms with van der Waals surface area (Å²) in [4.78, 5) is 17.3. The van der Waals surface area contributed by atoms with E-state index in [2.05, 4.69) is 10.3 Å². The third kappa shape index (κ3) is 5.15. The lowest BCUT2D eigenvalue weighted by Crippen LogP contribution is -2.40. The van der Waals surface area contributed by atoms with Gasteiger partial charge in [-0.25, -0.2) is 13.4 Å². The van der Waals surface area contributed by atoms with Crippen LogP contribution in [-0.2, 0) is 21.9 Å². The summed E-state index contributed by atoms with van der Waals surface area (Å²) >= 11 is 5.99. The van der Waals surface area contributed by atoms with Crippen LogP contribution < -0.4 is 5.32 Å². The highest BCUT2D eigenvalue weighted by molar-refractivity contribution is 7.89. The van der Waals surface area contributed by atoms with Crippen molar-refractivity contribution >= 4 is 27.5 Å². The summed E-state index contributed by atoms with van der Waals surface area (Å²) in [5.41, 5.74) is 2.66. The molecule has 1 atom stereocenters. The Kier molecular flexibility index (Phi) is 6.83. The van der Waals surface area contributed by atoms with Crippen molar-refractivity contribution in [3.05, 3.63) is 82.4 Å². The fraction of sp³-hybridized carbons (Fsp3) is 0.273. The van der Waals surface area contributed by atoms with Gasteiger partial charge in [0.1, 0.15) is 11.9 Å². The quantitative estimate of drug-likeness (QED) is 0.586. The van der Waals surface area contributed by atoms with Gasteiger partial charge in [0.2, 0.25) is 15.9 Å². The number of carbonyl (C=O) groups is 1. The minimum atomic E-state index is -3.81. The zero-order chi connectivity index (χ0) is 22.8. The van der Waals surface area contributed by atoms with Crippen molar-refractivity contribution in [2.24, 2.45) is 7.05 Å². The van der Waals surface area contributed by atoms with Gasteiger partial charge in [-0.3, -0.25) is 4.79 Å². The number of amides is 1. The van der Waals surface area contributed by atoms with Crippen LogP contribution in [0.1, 0.15) is 28.6 Å². The molecule has 3 rings (SSSR count). The van der Waals surface area contributed by atoms with E-state index in [0.29, 0.717) is 10.8 Å². The van der Waals surface area contributed by atoms with E-state index >= 15 is 0 Å². The molecule has 31 heavy (non-hydrogen) atoms. The third-order valence-corrected chi connectivity index (χ3v) is 7.23. The highest BCUT2D eigenvalue weighted by Crippen LogP contribution is 2.23. The zero-order valence-corrected chi connectivity index (χ0v) is 19.4. The minimum Gasteiger partial charge on any atom is -0.341 e. The second-order valence-electron chi connectivity index (χ2n) is 7.46. The molecule has 0 spiro atoms. The maximum Gasteiger partial charge on any atom is 0.243 e. The SMILES string of the molecule is Cc1ccc(S(=O)(=O)N(C)CC(=O)N[C@@H](c2ccc(Cl)cc2)c2nccn2C)cc1C. The smallest absolute Gasteiger partial charge is 0.243 e. The first-order valence-corrected chi connectivity index (χ1v) is 11.5. The van der Waals surface area contributed by atoms with Crippen molar-refractivity contribution in [1.82, 2.24) is 19.2 Å². The Hall–Kier alpha value is -2.68. The summed E-state index contributed by atoms with van der Waals surface area (Å²) in [5.74, 6) is 0.174. The second kappa shape index (κ2) is 9.21. The molecule has 0 fully saturated rings. The summed E-state index contributed by atoms with van der Waals surface area (Å²) in [5, 5.41) is 3.48. The molecule has 9 heteroatoms. The Morgan fingerprint density at radius 1 is 1.16 bits per heavy atom. The number of aromatic nitrogens is 2. The van der Waals surface area contributed by atoms with Gasteiger partial charge in [0.25, 0.3) is 0 Å². The topological polar surface area (TPSA) is 84.3 Å². The van der Waals surface area contributed by atoms with E-state index in [1.807, 2.05) is 20.9 Å². The number of hydrogen-bond donors (Lipinski definition) is 1. The molecule has 0 unspecified atom stereocenters. The number of carbonyl (C=O) groups excluding carboxylic acids is 1. The summed E-state index contributed by atoms with van der Waals surface area (Å²) < 4.78 is 28.7. The van der Waals surface area contributed by atoms with Gasteiger partial charge in [-0.1, -0.05) is 29.8 Å². The van der Waals surface area contributed by atoms with Crippen molar-refractivity contribution in [2.75, 3.05) is 13.6 Å². The number of hydrogen-bond acceptors (Lipinski definition) is 4. The van der Waals surface area contributed by atoms with Gasteiger partial charge in [0.05, 0.1) is 11.4 Å². The molecular formula is C22H25ClN4O3S. The lowest BCUT2D eigenvalue weighted by molar-refractivity contribution is -0.121. The van der Waals surface area contributed by atoms with Crippen LogP contribution in [0.25, 0.3) is 0 Å². The first-order chi connectivity index (χ1) is 14.6. The second-order valence-corrected chi connectivity index (χ2v) is 9.94. The molecule has 2 aromatic carbocycles. The molecule has 1 N–H and O–H groups in total. The van der Waals surface area contributed by atoms with Gasteiger partial charge in [-0.2, -0.15) is 4.31 Å². The van der Waals surface area contributed by atoms with Crippen molar-refractivity contribution in [3.8, 4) is 0 Å². The number of benzene rings is 2. The monoisotopic (exact) mass is 460 g/mol. The standard InChI is InChI=1S/C22H25ClN4O3S/c1-15-5-10-19(13-16(15)2)31(29,30)27(4)14-20(28)25-21(22-24-11-12-26(22)3)17-6-8-18(23)9-7-17/h5-13,21H,14H2,1-4H3,(H,25,28)/t21-/m0/s1. The predicted molar refractivity (Wildman–Crippen MR) is 120 cm³/mol. The van der Waals surface area contributed by atoms with Gasteiger partial charge < -0.3 is 9.88 Å². The van der Waals surface area contributed by atoms with Crippen LogP contribution >= 0.6 is 11.6 Å². The summed E-state index contributed by atoms with van der Waals surface area (Å²) in [6, 6.07) is 11.4. The number of nitrogens with zero attached hydrogens (tertiary/aromatic N) is 3. The normalized spacial score (nSPS) is 12.7. The minimum absolute atomic E-state index is 0.157. The van der Waals surface area contributed by atoms with Crippen molar-refractivity contribution in [2.45, 2.75) is 24.8 Å².